The lowest BCUT2D eigenvalue weighted by Gasteiger charge is -2.30. The number of rotatable bonds is 9. The molecule has 10 nitrogen and oxygen atoms in total. The molecule has 1 heterocycles. The molecule has 0 unspecified atom stereocenters. The van der Waals surface area contributed by atoms with E-state index >= 15 is 0 Å². The summed E-state index contributed by atoms with van der Waals surface area (Å²) >= 11 is 6.01. The summed E-state index contributed by atoms with van der Waals surface area (Å²) in [6.07, 6.45) is 3.99. The van der Waals surface area contributed by atoms with Gasteiger partial charge in [-0.05, 0) is 55.0 Å². The van der Waals surface area contributed by atoms with Crippen LogP contribution >= 0.6 is 11.6 Å². The highest BCUT2D eigenvalue weighted by Crippen LogP contribution is 2.26. The van der Waals surface area contributed by atoms with Gasteiger partial charge >= 0.3 is 0 Å². The Bertz CT molecular complexity index is 1370. The molecule has 2 aromatic carbocycles. The smallest absolute Gasteiger partial charge is 0.264 e. The van der Waals surface area contributed by atoms with Crippen molar-refractivity contribution in [2.75, 3.05) is 20.6 Å². The first-order valence-corrected chi connectivity index (χ1v) is 13.7. The van der Waals surface area contributed by atoms with Gasteiger partial charge in [0.15, 0.2) is 0 Å². The molecule has 0 bridgehead atoms. The largest absolute Gasteiger partial charge is 0.324 e. The third-order valence-electron chi connectivity index (χ3n) is 4.62. The van der Waals surface area contributed by atoms with Gasteiger partial charge in [0.05, 0.1) is 16.8 Å². The second-order valence-corrected chi connectivity index (χ2v) is 11.1. The number of halogens is 1. The number of carbonyl (C=O) groups excluding carboxylic acids is 1. The molecule has 1 aromatic heterocycles. The molecule has 13 heteroatoms. The maximum atomic E-state index is 13.0. The van der Waals surface area contributed by atoms with E-state index in [1.54, 1.807) is 31.2 Å². The Labute approximate surface area is 203 Å². The summed E-state index contributed by atoms with van der Waals surface area (Å²) in [6.45, 7) is 1.68. The van der Waals surface area contributed by atoms with E-state index in [4.69, 9.17) is 11.6 Å². The van der Waals surface area contributed by atoms with E-state index in [1.807, 2.05) is 0 Å². The zero-order chi connectivity index (χ0) is 24.9. The van der Waals surface area contributed by atoms with Gasteiger partial charge in [0.2, 0.25) is 21.9 Å². The summed E-state index contributed by atoms with van der Waals surface area (Å²) in [7, 11) is -7.76. The van der Waals surface area contributed by atoms with Crippen LogP contribution in [-0.4, -0.2) is 45.0 Å². The summed E-state index contributed by atoms with van der Waals surface area (Å²) in [4.78, 5) is 20.6. The maximum absolute atomic E-state index is 13.0. The van der Waals surface area contributed by atoms with Crippen molar-refractivity contribution in [1.29, 1.82) is 0 Å². The average Bonchev–Trinajstić information content (AvgIpc) is 2.77. The summed E-state index contributed by atoms with van der Waals surface area (Å²) in [5, 5.41) is 2.97. The summed E-state index contributed by atoms with van der Waals surface area (Å²) in [6, 6.07) is 12.1. The van der Waals surface area contributed by atoms with E-state index in [-0.39, 0.29) is 28.6 Å². The number of nitrogens with one attached hydrogen (secondary N) is 2. The lowest BCUT2D eigenvalue weighted by atomic mass is 10.2. The first-order chi connectivity index (χ1) is 16.0. The van der Waals surface area contributed by atoms with Crippen LogP contribution in [0.25, 0.3) is 0 Å². The third-order valence-corrected chi connectivity index (χ3v) is 7.38. The van der Waals surface area contributed by atoms with Crippen molar-refractivity contribution in [3.05, 3.63) is 72.0 Å². The number of benzene rings is 2. The minimum absolute atomic E-state index is 0.0679. The molecule has 0 aliphatic rings. The van der Waals surface area contributed by atoms with Crippen LogP contribution in [0.2, 0.25) is 5.02 Å². The summed E-state index contributed by atoms with van der Waals surface area (Å²) < 4.78 is 53.3. The fraction of sp³-hybridized carbons (Fsp3) is 0.190. The Morgan fingerprint density at radius 1 is 1.03 bits per heavy atom. The number of anilines is 3. The van der Waals surface area contributed by atoms with Crippen LogP contribution in [0.1, 0.15) is 13.3 Å². The minimum Gasteiger partial charge on any atom is -0.324 e. The minimum atomic E-state index is -3.94. The molecule has 0 saturated carbocycles. The molecule has 1 atom stereocenters. The summed E-state index contributed by atoms with van der Waals surface area (Å²) in [5.74, 6) is -0.660. The Hall–Kier alpha value is -3.22. The molecule has 0 aliphatic carbocycles. The van der Waals surface area contributed by atoms with Gasteiger partial charge in [-0.1, -0.05) is 24.6 Å². The van der Waals surface area contributed by atoms with Crippen LogP contribution in [0.5, 0.6) is 0 Å². The number of aromatic nitrogens is 2. The first-order valence-electron chi connectivity index (χ1n) is 9.97. The van der Waals surface area contributed by atoms with E-state index < -0.39 is 32.0 Å². The molecule has 0 spiro atoms. The Kier molecular flexibility index (Phi) is 7.75. The molecule has 0 saturated heterocycles. The lowest BCUT2D eigenvalue weighted by molar-refractivity contribution is -0.117. The zero-order valence-electron chi connectivity index (χ0n) is 18.2. The Morgan fingerprint density at radius 3 is 2.24 bits per heavy atom. The molecule has 1 amide bonds. The molecule has 0 radical (unpaired) electrons. The average molecular weight is 524 g/mol. The molecule has 3 aromatic rings. The van der Waals surface area contributed by atoms with E-state index in [1.165, 1.54) is 42.7 Å². The Morgan fingerprint density at radius 2 is 1.68 bits per heavy atom. The molecule has 34 heavy (non-hydrogen) atoms. The van der Waals surface area contributed by atoms with Crippen LogP contribution in [0, 0.1) is 0 Å². The van der Waals surface area contributed by atoms with Gasteiger partial charge in [0.1, 0.15) is 6.04 Å². The number of hydrogen-bond donors (Lipinski definition) is 2. The molecule has 2 N–H and O–H groups in total. The highest BCUT2D eigenvalue weighted by atomic mass is 35.5. The van der Waals surface area contributed by atoms with E-state index in [0.717, 1.165) is 10.6 Å². The number of nitrogens with zero attached hydrogens (tertiary/aromatic N) is 3. The molecule has 3 rings (SSSR count). The van der Waals surface area contributed by atoms with Gasteiger partial charge in [-0.2, -0.15) is 0 Å². The van der Waals surface area contributed by atoms with Crippen molar-refractivity contribution in [2.24, 2.45) is 0 Å². The number of sulfonamides is 2. The predicted octanol–water partition coefficient (Wildman–Crippen LogP) is 3.11. The monoisotopic (exact) mass is 523 g/mol. The molecule has 0 aliphatic heterocycles. The van der Waals surface area contributed by atoms with Gasteiger partial charge in [0.25, 0.3) is 10.0 Å². The van der Waals surface area contributed by atoms with E-state index in [9.17, 15) is 21.6 Å². The number of amides is 1. The second-order valence-electron chi connectivity index (χ2n) is 7.15. The van der Waals surface area contributed by atoms with Crippen molar-refractivity contribution >= 4 is 54.9 Å². The van der Waals surface area contributed by atoms with E-state index in [0.29, 0.717) is 5.02 Å². The molecular formula is C21H22ClN5O5S2. The second kappa shape index (κ2) is 10.4. The number of hydrogen-bond acceptors (Lipinski definition) is 7. The van der Waals surface area contributed by atoms with Crippen LogP contribution < -0.4 is 14.3 Å². The quantitative estimate of drug-likeness (QED) is 0.439. The predicted molar refractivity (Wildman–Crippen MR) is 131 cm³/mol. The highest BCUT2D eigenvalue weighted by molar-refractivity contribution is 7.92. The fourth-order valence-corrected chi connectivity index (χ4v) is 5.49. The van der Waals surface area contributed by atoms with Gasteiger partial charge in [0, 0.05) is 23.1 Å². The zero-order valence-corrected chi connectivity index (χ0v) is 20.6. The van der Waals surface area contributed by atoms with Crippen LogP contribution in [-0.2, 0) is 24.8 Å². The van der Waals surface area contributed by atoms with E-state index in [2.05, 4.69) is 20.0 Å². The van der Waals surface area contributed by atoms with Crippen LogP contribution in [0.15, 0.2) is 71.9 Å². The molecule has 180 valence electrons. The fourth-order valence-electron chi connectivity index (χ4n) is 3.15. The molecular weight excluding hydrogens is 502 g/mol. The standard InChI is InChI=1S/C21H22ClN5O5S2/c1-3-19(27(33(2,29)30)17-7-4-6-15(22)14-17)20(28)25-16-8-10-18(11-9-16)34(31,32)26-21-23-12-5-13-24-21/h4-14,19H,3H2,1-2H3,(H,25,28)(H,23,24,26)/t19-/m1/s1. The van der Waals surface area contributed by atoms with Crippen molar-refractivity contribution in [3.63, 3.8) is 0 Å². The maximum Gasteiger partial charge on any atom is 0.264 e. The summed E-state index contributed by atoms with van der Waals surface area (Å²) in [5.41, 5.74) is 0.547. The van der Waals surface area contributed by atoms with Crippen molar-refractivity contribution in [2.45, 2.75) is 24.3 Å². The normalized spacial score (nSPS) is 12.6. The first kappa shape index (κ1) is 25.4. The van der Waals surface area contributed by atoms with Crippen LogP contribution in [0.4, 0.5) is 17.3 Å². The van der Waals surface area contributed by atoms with Gasteiger partial charge < -0.3 is 5.32 Å². The number of carbonyl (C=O) groups is 1. The lowest BCUT2D eigenvalue weighted by Crippen LogP contribution is -2.47. The van der Waals surface area contributed by atoms with Crippen LogP contribution in [0.3, 0.4) is 0 Å². The van der Waals surface area contributed by atoms with Crippen molar-refractivity contribution < 1.29 is 21.6 Å². The Balaban J connectivity index is 1.80. The highest BCUT2D eigenvalue weighted by Gasteiger charge is 2.31. The van der Waals surface area contributed by atoms with Gasteiger partial charge in [-0.15, -0.1) is 0 Å². The van der Waals surface area contributed by atoms with Gasteiger partial charge in [-0.3, -0.25) is 9.10 Å². The van der Waals surface area contributed by atoms with Gasteiger partial charge in [-0.25, -0.2) is 31.5 Å². The SMILES string of the molecule is CC[C@H](C(=O)Nc1ccc(S(=O)(=O)Nc2ncccn2)cc1)N(c1cccc(Cl)c1)S(C)(=O)=O. The topological polar surface area (TPSA) is 138 Å². The van der Waals surface area contributed by atoms with Crippen molar-refractivity contribution in [3.8, 4) is 0 Å². The molecule has 0 fully saturated rings. The third kappa shape index (κ3) is 6.22. The van der Waals surface area contributed by atoms with Crippen molar-refractivity contribution in [1.82, 2.24) is 9.97 Å².